The monoisotopic (exact) mass is 456 g/mol. The molecule has 2 aromatic carbocycles. The lowest BCUT2D eigenvalue weighted by molar-refractivity contribution is 0.390. The normalized spacial score (nSPS) is 11.0. The average Bonchev–Trinajstić information content (AvgIpc) is 3.50. The predicted octanol–water partition coefficient (Wildman–Crippen LogP) is 4.99. The topological polar surface area (TPSA) is 91.8 Å². The van der Waals surface area contributed by atoms with Crippen molar-refractivity contribution in [1.29, 1.82) is 0 Å². The van der Waals surface area contributed by atoms with Crippen LogP contribution in [0.1, 0.15) is 11.5 Å². The van der Waals surface area contributed by atoms with Crippen molar-refractivity contribution in [2.75, 3.05) is 7.11 Å². The van der Waals surface area contributed by atoms with Crippen LogP contribution in [0.2, 0.25) is 0 Å². The van der Waals surface area contributed by atoms with Crippen LogP contribution in [0.15, 0.2) is 82.7 Å². The Kier molecular flexibility index (Phi) is 5.86. The standard InChI is InChI=1S/C24H20N6O2S/c1-16-6-5-7-18(14-16)30-23(17-10-12-25-13-11-17)27-28-24(30)33-15-21-26-22(29-32-21)19-8-3-4-9-20(19)31-2/h3-14H,15H2,1-2H3. The molecule has 33 heavy (non-hydrogen) atoms. The van der Waals surface area contributed by atoms with Crippen LogP contribution in [-0.4, -0.2) is 37.0 Å². The Balaban J connectivity index is 1.45. The van der Waals surface area contributed by atoms with Crippen molar-refractivity contribution in [2.45, 2.75) is 17.8 Å². The molecule has 8 nitrogen and oxygen atoms in total. The predicted molar refractivity (Wildman–Crippen MR) is 125 cm³/mol. The highest BCUT2D eigenvalue weighted by Crippen LogP contribution is 2.31. The summed E-state index contributed by atoms with van der Waals surface area (Å²) in [7, 11) is 1.62. The third kappa shape index (κ3) is 4.35. The molecule has 0 fully saturated rings. The number of methoxy groups -OCH3 is 1. The van der Waals surface area contributed by atoms with Crippen LogP contribution in [0.3, 0.4) is 0 Å². The maximum absolute atomic E-state index is 5.49. The number of ether oxygens (including phenoxy) is 1. The van der Waals surface area contributed by atoms with Gasteiger partial charge in [-0.25, -0.2) is 0 Å². The van der Waals surface area contributed by atoms with Gasteiger partial charge in [0.15, 0.2) is 11.0 Å². The molecule has 0 N–H and O–H groups in total. The third-order valence-corrected chi connectivity index (χ3v) is 5.89. The summed E-state index contributed by atoms with van der Waals surface area (Å²) in [5.74, 6) is 2.86. The van der Waals surface area contributed by atoms with E-state index in [4.69, 9.17) is 9.26 Å². The molecule has 0 saturated heterocycles. The fraction of sp³-hybridized carbons (Fsp3) is 0.125. The lowest BCUT2D eigenvalue weighted by Gasteiger charge is -2.10. The number of pyridine rings is 1. The van der Waals surface area contributed by atoms with Crippen molar-refractivity contribution in [3.63, 3.8) is 0 Å². The first-order chi connectivity index (χ1) is 16.2. The van der Waals surface area contributed by atoms with Crippen molar-refractivity contribution in [3.8, 4) is 34.2 Å². The van der Waals surface area contributed by atoms with E-state index in [-0.39, 0.29) is 0 Å². The van der Waals surface area contributed by atoms with Gasteiger partial charge in [-0.05, 0) is 48.9 Å². The first-order valence-corrected chi connectivity index (χ1v) is 11.2. The Morgan fingerprint density at radius 3 is 2.67 bits per heavy atom. The smallest absolute Gasteiger partial charge is 0.237 e. The summed E-state index contributed by atoms with van der Waals surface area (Å²) in [6.07, 6.45) is 3.49. The summed E-state index contributed by atoms with van der Waals surface area (Å²) in [4.78, 5) is 8.65. The zero-order chi connectivity index (χ0) is 22.6. The zero-order valence-corrected chi connectivity index (χ0v) is 18.9. The summed E-state index contributed by atoms with van der Waals surface area (Å²) in [5, 5.41) is 13.8. The van der Waals surface area contributed by atoms with Gasteiger partial charge in [-0.15, -0.1) is 10.2 Å². The molecular formula is C24H20N6O2S. The van der Waals surface area contributed by atoms with Crippen LogP contribution in [0.5, 0.6) is 5.75 Å². The van der Waals surface area contributed by atoms with Gasteiger partial charge >= 0.3 is 0 Å². The summed E-state index contributed by atoms with van der Waals surface area (Å²) in [6, 6.07) is 19.6. The molecule has 0 amide bonds. The highest BCUT2D eigenvalue weighted by Gasteiger charge is 2.18. The number of nitrogens with zero attached hydrogens (tertiary/aromatic N) is 6. The van der Waals surface area contributed by atoms with Gasteiger partial charge < -0.3 is 9.26 Å². The third-order valence-electron chi connectivity index (χ3n) is 4.97. The number of para-hydroxylation sites is 1. The Morgan fingerprint density at radius 1 is 1.00 bits per heavy atom. The van der Waals surface area contributed by atoms with Crippen molar-refractivity contribution in [2.24, 2.45) is 0 Å². The van der Waals surface area contributed by atoms with Crippen LogP contribution in [-0.2, 0) is 5.75 Å². The molecule has 0 spiro atoms. The minimum Gasteiger partial charge on any atom is -0.496 e. The SMILES string of the molecule is COc1ccccc1-c1noc(CSc2nnc(-c3ccncc3)n2-c2cccc(C)c2)n1. The Labute approximate surface area is 194 Å². The number of aryl methyl sites for hydroxylation is 1. The molecular weight excluding hydrogens is 436 g/mol. The van der Waals surface area contributed by atoms with Crippen molar-refractivity contribution < 1.29 is 9.26 Å². The fourth-order valence-electron chi connectivity index (χ4n) is 3.43. The van der Waals surface area contributed by atoms with Gasteiger partial charge in [0.05, 0.1) is 18.4 Å². The molecule has 0 radical (unpaired) electrons. The van der Waals surface area contributed by atoms with Gasteiger partial charge in [0.25, 0.3) is 0 Å². The molecule has 0 aliphatic carbocycles. The minimum absolute atomic E-state index is 0.447. The maximum Gasteiger partial charge on any atom is 0.237 e. The summed E-state index contributed by atoms with van der Waals surface area (Å²) >= 11 is 1.48. The molecule has 3 heterocycles. The molecule has 164 valence electrons. The number of aromatic nitrogens is 6. The number of hydrogen-bond acceptors (Lipinski definition) is 8. The highest BCUT2D eigenvalue weighted by molar-refractivity contribution is 7.98. The van der Waals surface area contributed by atoms with Crippen LogP contribution in [0.25, 0.3) is 28.5 Å². The summed E-state index contributed by atoms with van der Waals surface area (Å²) in [6.45, 7) is 2.06. The lowest BCUT2D eigenvalue weighted by atomic mass is 10.2. The van der Waals surface area contributed by atoms with Crippen molar-refractivity contribution in [3.05, 3.63) is 84.5 Å². The number of rotatable bonds is 7. The van der Waals surface area contributed by atoms with Gasteiger partial charge in [-0.1, -0.05) is 41.2 Å². The van der Waals surface area contributed by atoms with Crippen molar-refractivity contribution in [1.82, 2.24) is 29.9 Å². The number of hydrogen-bond donors (Lipinski definition) is 0. The van der Waals surface area contributed by atoms with Crippen LogP contribution >= 0.6 is 11.8 Å². The van der Waals surface area contributed by atoms with Crippen LogP contribution in [0.4, 0.5) is 0 Å². The Hall–Kier alpha value is -3.98. The van der Waals surface area contributed by atoms with E-state index in [0.29, 0.717) is 23.2 Å². The molecule has 9 heteroatoms. The molecule has 0 aliphatic heterocycles. The van der Waals surface area contributed by atoms with Crippen molar-refractivity contribution >= 4 is 11.8 Å². The van der Waals surface area contributed by atoms with E-state index in [1.165, 1.54) is 11.8 Å². The van der Waals surface area contributed by atoms with Gasteiger partial charge in [-0.3, -0.25) is 9.55 Å². The first kappa shape index (κ1) is 20.9. The molecule has 3 aromatic heterocycles. The van der Waals surface area contributed by atoms with Crippen LogP contribution in [0, 0.1) is 6.92 Å². The minimum atomic E-state index is 0.447. The maximum atomic E-state index is 5.49. The molecule has 0 atom stereocenters. The Bertz CT molecular complexity index is 1380. The zero-order valence-electron chi connectivity index (χ0n) is 18.0. The van der Waals surface area contributed by atoms with Gasteiger partial charge in [0, 0.05) is 23.6 Å². The van der Waals surface area contributed by atoms with E-state index < -0.39 is 0 Å². The molecule has 5 rings (SSSR count). The van der Waals surface area contributed by atoms with Crippen LogP contribution < -0.4 is 4.74 Å². The fourth-order valence-corrected chi connectivity index (χ4v) is 4.22. The first-order valence-electron chi connectivity index (χ1n) is 10.2. The summed E-state index contributed by atoms with van der Waals surface area (Å²) in [5.41, 5.74) is 3.84. The molecule has 0 aliphatic rings. The van der Waals surface area contributed by atoms with E-state index in [1.807, 2.05) is 53.1 Å². The Morgan fingerprint density at radius 2 is 1.85 bits per heavy atom. The van der Waals surface area contributed by atoms with E-state index in [0.717, 1.165) is 33.4 Å². The number of benzene rings is 2. The van der Waals surface area contributed by atoms with E-state index >= 15 is 0 Å². The largest absolute Gasteiger partial charge is 0.496 e. The quantitative estimate of drug-likeness (QED) is 0.316. The number of thioether (sulfide) groups is 1. The molecule has 5 aromatic rings. The van der Waals surface area contributed by atoms with Gasteiger partial charge in [-0.2, -0.15) is 4.98 Å². The van der Waals surface area contributed by atoms with Gasteiger partial charge in [0.2, 0.25) is 11.7 Å². The molecule has 0 unspecified atom stereocenters. The summed E-state index contributed by atoms with van der Waals surface area (Å²) < 4.78 is 12.9. The van der Waals surface area contributed by atoms with E-state index in [2.05, 4.69) is 44.4 Å². The second-order valence-corrected chi connectivity index (χ2v) is 8.16. The van der Waals surface area contributed by atoms with E-state index in [1.54, 1.807) is 19.5 Å². The molecule has 0 saturated carbocycles. The second kappa shape index (κ2) is 9.25. The van der Waals surface area contributed by atoms with Gasteiger partial charge in [0.1, 0.15) is 5.75 Å². The van der Waals surface area contributed by atoms with E-state index in [9.17, 15) is 0 Å². The highest BCUT2D eigenvalue weighted by atomic mass is 32.2. The average molecular weight is 457 g/mol. The lowest BCUT2D eigenvalue weighted by Crippen LogP contribution is -2.00. The second-order valence-electron chi connectivity index (χ2n) is 7.22. The molecule has 0 bridgehead atoms.